The number of benzene rings is 1. The van der Waals surface area contributed by atoms with E-state index in [0.717, 1.165) is 32.0 Å². The van der Waals surface area contributed by atoms with E-state index in [4.69, 9.17) is 4.74 Å². The Kier molecular flexibility index (Phi) is 4.40. The van der Waals surface area contributed by atoms with Gasteiger partial charge < -0.3 is 9.64 Å². The second-order valence-corrected chi connectivity index (χ2v) is 4.46. The van der Waals surface area contributed by atoms with Crippen molar-refractivity contribution in [1.82, 2.24) is 4.90 Å². The number of methoxy groups -OCH3 is 1. The van der Waals surface area contributed by atoms with Crippen LogP contribution in [0.5, 0.6) is 5.75 Å². The summed E-state index contributed by atoms with van der Waals surface area (Å²) < 4.78 is 18.2. The third-order valence-corrected chi connectivity index (χ3v) is 3.09. The Morgan fingerprint density at radius 1 is 1.32 bits per heavy atom. The number of hydrogen-bond donors (Lipinski definition) is 0. The summed E-state index contributed by atoms with van der Waals surface area (Å²) >= 11 is 0. The monoisotopic (exact) mass is 261 g/mol. The lowest BCUT2D eigenvalue weighted by Crippen LogP contribution is -2.25. The fourth-order valence-electron chi connectivity index (χ4n) is 2.06. The molecule has 1 aliphatic heterocycles. The van der Waals surface area contributed by atoms with Crippen molar-refractivity contribution in [2.45, 2.75) is 19.3 Å². The predicted octanol–water partition coefficient (Wildman–Crippen LogP) is 2.46. The Morgan fingerprint density at radius 3 is 2.74 bits per heavy atom. The summed E-state index contributed by atoms with van der Waals surface area (Å²) in [5, 5.41) is 0. The molecule has 0 spiro atoms. The van der Waals surface area contributed by atoms with Crippen LogP contribution in [0.2, 0.25) is 0 Å². The highest BCUT2D eigenvalue weighted by Gasteiger charge is 2.12. The molecular weight excluding hydrogens is 245 g/mol. The van der Waals surface area contributed by atoms with Crippen molar-refractivity contribution in [1.29, 1.82) is 0 Å². The van der Waals surface area contributed by atoms with Gasteiger partial charge in [0.25, 0.3) is 0 Å². The first-order valence-electron chi connectivity index (χ1n) is 6.35. The van der Waals surface area contributed by atoms with Crippen molar-refractivity contribution in [2.75, 3.05) is 20.2 Å². The highest BCUT2D eigenvalue weighted by molar-refractivity contribution is 6.10. The van der Waals surface area contributed by atoms with Crippen LogP contribution in [0.4, 0.5) is 4.39 Å². The molecule has 4 heteroatoms. The average Bonchev–Trinajstić information content (AvgIpc) is 2.46. The minimum Gasteiger partial charge on any atom is -0.496 e. The number of Topliss-reactive ketones (excluding diaryl/α,β-unsaturated/α-hetero) is 1. The molecule has 0 amide bonds. The van der Waals surface area contributed by atoms with Gasteiger partial charge in [-0.15, -0.1) is 0 Å². The number of hydrogen-bond acceptors (Lipinski definition) is 3. The standard InChI is InChI=1S/C15H16FNO2/c1-19-15-6-5-12(16)11-13(15)14(18)7-10-17-8-3-2-4-9-17/h5-6,11H,2-4,8-9H2,1H3. The lowest BCUT2D eigenvalue weighted by atomic mass is 10.1. The maximum atomic E-state index is 13.2. The first-order valence-corrected chi connectivity index (χ1v) is 6.35. The molecule has 0 N–H and O–H groups in total. The summed E-state index contributed by atoms with van der Waals surface area (Å²) in [7, 11) is 1.45. The predicted molar refractivity (Wildman–Crippen MR) is 70.5 cm³/mol. The SMILES string of the molecule is COc1ccc(F)cc1C(=O)C#CN1CCCCC1. The summed E-state index contributed by atoms with van der Waals surface area (Å²) in [6.45, 7) is 1.78. The summed E-state index contributed by atoms with van der Waals surface area (Å²) in [4.78, 5) is 13.9. The topological polar surface area (TPSA) is 29.5 Å². The molecule has 1 heterocycles. The molecule has 0 saturated carbocycles. The first-order chi connectivity index (χ1) is 9.20. The maximum Gasteiger partial charge on any atom is 0.241 e. The molecular formula is C15H16FNO2. The fraction of sp³-hybridized carbons (Fsp3) is 0.400. The third-order valence-electron chi connectivity index (χ3n) is 3.09. The molecule has 1 aliphatic rings. The Hall–Kier alpha value is -2.02. The second kappa shape index (κ2) is 6.24. The molecule has 0 atom stereocenters. The highest BCUT2D eigenvalue weighted by atomic mass is 19.1. The Morgan fingerprint density at radius 2 is 2.05 bits per heavy atom. The zero-order valence-electron chi connectivity index (χ0n) is 10.9. The van der Waals surface area contributed by atoms with Gasteiger partial charge in [0.15, 0.2) is 0 Å². The van der Waals surface area contributed by atoms with Crippen LogP contribution in [-0.4, -0.2) is 30.9 Å². The quantitative estimate of drug-likeness (QED) is 0.605. The summed E-state index contributed by atoms with van der Waals surface area (Å²) in [5.41, 5.74) is 0.173. The van der Waals surface area contributed by atoms with E-state index in [1.165, 1.54) is 25.7 Å². The molecule has 100 valence electrons. The first kappa shape index (κ1) is 13.4. The smallest absolute Gasteiger partial charge is 0.241 e. The molecule has 19 heavy (non-hydrogen) atoms. The van der Waals surface area contributed by atoms with Crippen molar-refractivity contribution in [3.63, 3.8) is 0 Å². The fourth-order valence-corrected chi connectivity index (χ4v) is 2.06. The third kappa shape index (κ3) is 3.47. The molecule has 1 aromatic rings. The number of rotatable bonds is 2. The van der Waals surface area contributed by atoms with Crippen LogP contribution in [0.1, 0.15) is 29.6 Å². The van der Waals surface area contributed by atoms with Gasteiger partial charge in [-0.3, -0.25) is 4.79 Å². The second-order valence-electron chi connectivity index (χ2n) is 4.46. The van der Waals surface area contributed by atoms with Crippen molar-refractivity contribution < 1.29 is 13.9 Å². The summed E-state index contributed by atoms with van der Waals surface area (Å²) in [6.07, 6.45) is 3.42. The van der Waals surface area contributed by atoms with E-state index >= 15 is 0 Å². The maximum absolute atomic E-state index is 13.2. The van der Waals surface area contributed by atoms with Crippen LogP contribution >= 0.6 is 0 Å². The molecule has 0 bridgehead atoms. The molecule has 0 unspecified atom stereocenters. The van der Waals surface area contributed by atoms with E-state index < -0.39 is 11.6 Å². The van der Waals surface area contributed by atoms with E-state index in [9.17, 15) is 9.18 Å². The zero-order chi connectivity index (χ0) is 13.7. The van der Waals surface area contributed by atoms with Crippen molar-refractivity contribution in [3.05, 3.63) is 29.6 Å². The average molecular weight is 261 g/mol. The van der Waals surface area contributed by atoms with Crippen LogP contribution in [-0.2, 0) is 0 Å². The van der Waals surface area contributed by atoms with Gasteiger partial charge in [-0.05, 0) is 37.5 Å². The number of carbonyl (C=O) groups excluding carboxylic acids is 1. The van der Waals surface area contributed by atoms with E-state index in [2.05, 4.69) is 12.0 Å². The normalized spacial score (nSPS) is 14.5. The van der Waals surface area contributed by atoms with Crippen LogP contribution in [0.3, 0.4) is 0 Å². The molecule has 0 radical (unpaired) electrons. The number of piperidine rings is 1. The molecule has 1 saturated heterocycles. The Balaban J connectivity index is 2.15. The Bertz CT molecular complexity index is 525. The van der Waals surface area contributed by atoms with Crippen molar-refractivity contribution >= 4 is 5.78 Å². The molecule has 0 aliphatic carbocycles. The van der Waals surface area contributed by atoms with E-state index in [0.29, 0.717) is 5.75 Å². The highest BCUT2D eigenvalue weighted by Crippen LogP contribution is 2.19. The number of carbonyl (C=O) groups is 1. The number of nitrogens with zero attached hydrogens (tertiary/aromatic N) is 1. The van der Waals surface area contributed by atoms with Crippen LogP contribution < -0.4 is 4.74 Å². The molecule has 3 nitrogen and oxygen atoms in total. The van der Waals surface area contributed by atoms with Gasteiger partial charge in [-0.25, -0.2) is 4.39 Å². The van der Waals surface area contributed by atoms with E-state index in [1.54, 1.807) is 0 Å². The van der Waals surface area contributed by atoms with Gasteiger partial charge >= 0.3 is 0 Å². The minimum atomic E-state index is -0.469. The molecule has 1 aromatic carbocycles. The molecule has 1 fully saturated rings. The number of ketones is 1. The Labute approximate surface area is 112 Å². The zero-order valence-corrected chi connectivity index (χ0v) is 10.9. The van der Waals surface area contributed by atoms with E-state index in [-0.39, 0.29) is 5.56 Å². The lowest BCUT2D eigenvalue weighted by molar-refractivity contribution is 0.105. The van der Waals surface area contributed by atoms with Crippen LogP contribution in [0.15, 0.2) is 18.2 Å². The largest absolute Gasteiger partial charge is 0.496 e. The van der Waals surface area contributed by atoms with Gasteiger partial charge in [0.2, 0.25) is 5.78 Å². The lowest BCUT2D eigenvalue weighted by Gasteiger charge is -2.21. The minimum absolute atomic E-state index is 0.173. The van der Waals surface area contributed by atoms with Crippen LogP contribution in [0.25, 0.3) is 0 Å². The van der Waals surface area contributed by atoms with Gasteiger partial charge in [-0.1, -0.05) is 0 Å². The molecule has 0 aromatic heterocycles. The summed E-state index contributed by atoms with van der Waals surface area (Å²) in [5.74, 6) is 2.02. The number of ether oxygens (including phenoxy) is 1. The van der Waals surface area contributed by atoms with Crippen molar-refractivity contribution in [2.24, 2.45) is 0 Å². The van der Waals surface area contributed by atoms with Gasteiger partial charge in [0.1, 0.15) is 11.6 Å². The number of likely N-dealkylation sites (tertiary alicyclic amines) is 1. The molecule has 2 rings (SSSR count). The van der Waals surface area contributed by atoms with E-state index in [1.807, 2.05) is 4.90 Å². The summed E-state index contributed by atoms with van der Waals surface area (Å²) in [6, 6.07) is 6.70. The van der Waals surface area contributed by atoms with Gasteiger partial charge in [0, 0.05) is 25.1 Å². The van der Waals surface area contributed by atoms with Gasteiger partial charge in [-0.2, -0.15) is 0 Å². The van der Waals surface area contributed by atoms with Crippen molar-refractivity contribution in [3.8, 4) is 17.7 Å². The van der Waals surface area contributed by atoms with Crippen LogP contribution in [0, 0.1) is 17.8 Å². The van der Waals surface area contributed by atoms with Gasteiger partial charge in [0.05, 0.1) is 12.7 Å². The number of halogens is 1.